The van der Waals surface area contributed by atoms with Gasteiger partial charge >= 0.3 is 0 Å². The number of nitrogens with one attached hydrogen (secondary N) is 1. The van der Waals surface area contributed by atoms with Crippen LogP contribution in [-0.4, -0.2) is 24.5 Å². The topological polar surface area (TPSA) is 44.6 Å². The molecule has 8 heavy (non-hydrogen) atoms. The molecule has 0 radical (unpaired) electrons. The molecule has 0 heterocycles. The van der Waals surface area contributed by atoms with Crippen molar-refractivity contribution in [3.05, 3.63) is 0 Å². The Labute approximate surface area is 49.4 Å². The van der Waals surface area contributed by atoms with Gasteiger partial charge in [-0.2, -0.15) is 5.10 Å². The van der Waals surface area contributed by atoms with Crippen molar-refractivity contribution in [2.24, 2.45) is 5.10 Å². The molecule has 0 unspecified atom stereocenters. The molecule has 0 fully saturated rings. The van der Waals surface area contributed by atoms with E-state index in [2.05, 4.69) is 10.5 Å². The molecule has 0 aliphatic heterocycles. The molecule has 0 amide bonds. The Morgan fingerprint density at radius 1 is 1.75 bits per heavy atom. The zero-order valence-corrected chi connectivity index (χ0v) is 5.09. The second kappa shape index (κ2) is 6.43. The molecular weight excluding hydrogens is 104 g/mol. The van der Waals surface area contributed by atoms with Gasteiger partial charge in [0.25, 0.3) is 0 Å². The summed E-state index contributed by atoms with van der Waals surface area (Å²) in [6.07, 6.45) is 2.69. The molecular formula is C5H12N2O. The van der Waals surface area contributed by atoms with E-state index >= 15 is 0 Å². The summed E-state index contributed by atoms with van der Waals surface area (Å²) in [6.45, 7) is 2.68. The summed E-state index contributed by atoms with van der Waals surface area (Å²) in [7, 11) is 0. The van der Waals surface area contributed by atoms with Gasteiger partial charge in [-0.3, -0.25) is 0 Å². The van der Waals surface area contributed by atoms with Crippen LogP contribution < -0.4 is 5.43 Å². The van der Waals surface area contributed by atoms with Crippen LogP contribution in [-0.2, 0) is 0 Å². The van der Waals surface area contributed by atoms with Crippen molar-refractivity contribution >= 4 is 6.21 Å². The quantitative estimate of drug-likeness (QED) is 0.307. The van der Waals surface area contributed by atoms with Crippen molar-refractivity contribution in [2.45, 2.75) is 13.3 Å². The first-order valence-electron chi connectivity index (χ1n) is 2.77. The van der Waals surface area contributed by atoms with Crippen molar-refractivity contribution in [1.29, 1.82) is 0 Å². The zero-order valence-electron chi connectivity index (χ0n) is 5.09. The number of hydrazone groups is 1. The summed E-state index contributed by atoms with van der Waals surface area (Å²) in [6, 6.07) is 0. The standard InChI is InChI=1S/C5H12N2O/c1-2-3-6-7-4-5-8/h3,7-8H,2,4-5H2,1H3. The minimum absolute atomic E-state index is 0.140. The third-order valence-corrected chi connectivity index (χ3v) is 0.589. The van der Waals surface area contributed by atoms with Crippen molar-refractivity contribution in [2.75, 3.05) is 13.2 Å². The van der Waals surface area contributed by atoms with Crippen LogP contribution in [0.3, 0.4) is 0 Å². The maximum atomic E-state index is 8.23. The van der Waals surface area contributed by atoms with Crippen LogP contribution in [0, 0.1) is 0 Å². The Balaban J connectivity index is 2.80. The number of aliphatic hydroxyl groups excluding tert-OH is 1. The lowest BCUT2D eigenvalue weighted by Crippen LogP contribution is -2.10. The molecule has 48 valence electrons. The van der Waals surface area contributed by atoms with Gasteiger partial charge in [0.1, 0.15) is 0 Å². The minimum atomic E-state index is 0.140. The average molecular weight is 116 g/mol. The molecule has 0 aliphatic rings. The molecule has 0 spiro atoms. The molecule has 3 nitrogen and oxygen atoms in total. The van der Waals surface area contributed by atoms with Gasteiger partial charge < -0.3 is 10.5 Å². The van der Waals surface area contributed by atoms with Gasteiger partial charge in [0.2, 0.25) is 0 Å². The van der Waals surface area contributed by atoms with Crippen molar-refractivity contribution < 1.29 is 5.11 Å². The average Bonchev–Trinajstić information content (AvgIpc) is 1.81. The molecule has 0 saturated carbocycles. The Bertz CT molecular complexity index is 63.4. The van der Waals surface area contributed by atoms with Crippen molar-refractivity contribution in [3.8, 4) is 0 Å². The van der Waals surface area contributed by atoms with Crippen LogP contribution in [0.5, 0.6) is 0 Å². The van der Waals surface area contributed by atoms with Crippen molar-refractivity contribution in [3.63, 3.8) is 0 Å². The van der Waals surface area contributed by atoms with Crippen molar-refractivity contribution in [1.82, 2.24) is 5.43 Å². The van der Waals surface area contributed by atoms with E-state index in [9.17, 15) is 0 Å². The number of hydrogen-bond acceptors (Lipinski definition) is 3. The Morgan fingerprint density at radius 2 is 2.50 bits per heavy atom. The lowest BCUT2D eigenvalue weighted by atomic mass is 10.6. The number of rotatable bonds is 4. The third-order valence-electron chi connectivity index (χ3n) is 0.589. The Morgan fingerprint density at radius 3 is 3.00 bits per heavy atom. The van der Waals surface area contributed by atoms with Gasteiger partial charge in [-0.25, -0.2) is 0 Å². The molecule has 0 atom stereocenters. The van der Waals surface area contributed by atoms with Crippen LogP contribution in [0.2, 0.25) is 0 Å². The van der Waals surface area contributed by atoms with E-state index < -0.39 is 0 Å². The summed E-state index contributed by atoms with van der Waals surface area (Å²) in [5.74, 6) is 0. The summed E-state index contributed by atoms with van der Waals surface area (Å²) < 4.78 is 0. The van der Waals surface area contributed by atoms with Gasteiger partial charge in [-0.05, 0) is 6.42 Å². The highest BCUT2D eigenvalue weighted by molar-refractivity contribution is 5.55. The van der Waals surface area contributed by atoms with Gasteiger partial charge in [0.15, 0.2) is 0 Å². The van der Waals surface area contributed by atoms with E-state index in [1.54, 1.807) is 6.21 Å². The van der Waals surface area contributed by atoms with E-state index in [-0.39, 0.29) is 6.61 Å². The van der Waals surface area contributed by atoms with Crippen LogP contribution in [0.15, 0.2) is 5.10 Å². The van der Waals surface area contributed by atoms with Crippen LogP contribution >= 0.6 is 0 Å². The molecule has 0 aliphatic carbocycles. The highest BCUT2D eigenvalue weighted by atomic mass is 16.3. The smallest absolute Gasteiger partial charge is 0.0620 e. The third kappa shape index (κ3) is 5.43. The van der Waals surface area contributed by atoms with E-state index in [0.29, 0.717) is 6.54 Å². The summed E-state index contributed by atoms with van der Waals surface area (Å²) in [5.41, 5.74) is 2.66. The summed E-state index contributed by atoms with van der Waals surface area (Å²) in [4.78, 5) is 0. The van der Waals surface area contributed by atoms with Gasteiger partial charge in [0.05, 0.1) is 13.2 Å². The Hall–Kier alpha value is -0.570. The molecule has 0 bridgehead atoms. The second-order valence-corrected chi connectivity index (χ2v) is 1.35. The summed E-state index contributed by atoms with van der Waals surface area (Å²) >= 11 is 0. The first kappa shape index (κ1) is 7.43. The lowest BCUT2D eigenvalue weighted by molar-refractivity contribution is 0.293. The molecule has 0 aromatic rings. The maximum Gasteiger partial charge on any atom is 0.0620 e. The fourth-order valence-electron chi connectivity index (χ4n) is 0.270. The summed E-state index contributed by atoms with van der Waals surface area (Å²) in [5, 5.41) is 12.0. The molecule has 2 N–H and O–H groups in total. The van der Waals surface area contributed by atoms with Gasteiger partial charge in [0, 0.05) is 6.21 Å². The van der Waals surface area contributed by atoms with E-state index in [0.717, 1.165) is 6.42 Å². The lowest BCUT2D eigenvalue weighted by Gasteiger charge is -1.91. The zero-order chi connectivity index (χ0) is 6.24. The molecule has 0 aromatic heterocycles. The number of hydrogen-bond donors (Lipinski definition) is 2. The highest BCUT2D eigenvalue weighted by Crippen LogP contribution is 1.63. The SMILES string of the molecule is CCC=NNCCO. The second-order valence-electron chi connectivity index (χ2n) is 1.35. The first-order chi connectivity index (χ1) is 3.91. The fourth-order valence-corrected chi connectivity index (χ4v) is 0.270. The number of aliphatic hydroxyl groups is 1. The molecule has 0 saturated heterocycles. The molecule has 0 aromatic carbocycles. The van der Waals surface area contributed by atoms with E-state index in [1.807, 2.05) is 6.92 Å². The maximum absolute atomic E-state index is 8.23. The van der Waals surface area contributed by atoms with Crippen LogP contribution in [0.1, 0.15) is 13.3 Å². The van der Waals surface area contributed by atoms with Crippen LogP contribution in [0.4, 0.5) is 0 Å². The highest BCUT2D eigenvalue weighted by Gasteiger charge is 1.71. The molecule has 0 rings (SSSR count). The predicted octanol–water partition coefficient (Wildman–Crippen LogP) is -0.0359. The van der Waals surface area contributed by atoms with Gasteiger partial charge in [-0.1, -0.05) is 6.92 Å². The Kier molecular flexibility index (Phi) is 5.97. The van der Waals surface area contributed by atoms with E-state index in [4.69, 9.17) is 5.11 Å². The fraction of sp³-hybridized carbons (Fsp3) is 0.800. The van der Waals surface area contributed by atoms with E-state index in [1.165, 1.54) is 0 Å². The molecule has 3 heteroatoms. The largest absolute Gasteiger partial charge is 0.394 e. The first-order valence-corrected chi connectivity index (χ1v) is 2.77. The minimum Gasteiger partial charge on any atom is -0.394 e. The predicted molar refractivity (Wildman–Crippen MR) is 33.9 cm³/mol. The normalized spacial score (nSPS) is 10.2. The monoisotopic (exact) mass is 116 g/mol. The van der Waals surface area contributed by atoms with Crippen LogP contribution in [0.25, 0.3) is 0 Å². The van der Waals surface area contributed by atoms with Gasteiger partial charge in [-0.15, -0.1) is 0 Å². The number of nitrogens with zero attached hydrogens (tertiary/aromatic N) is 1.